The molecular formula is C27H28N2O4S. The number of benzene rings is 3. The number of hydrogen-bond acceptors (Lipinski definition) is 4. The highest BCUT2D eigenvalue weighted by molar-refractivity contribution is 7.92. The third kappa shape index (κ3) is 4.16. The smallest absolute Gasteiger partial charge is 0.264 e. The van der Waals surface area contributed by atoms with Gasteiger partial charge in [-0.2, -0.15) is 0 Å². The van der Waals surface area contributed by atoms with Crippen LogP contribution in [0.5, 0.6) is 5.75 Å². The lowest BCUT2D eigenvalue weighted by Gasteiger charge is -2.35. The first-order valence-electron chi connectivity index (χ1n) is 11.6. The number of nitrogens with zero attached hydrogens (tertiary/aromatic N) is 1. The Bertz CT molecular complexity index is 1340. The molecule has 5 rings (SSSR count). The van der Waals surface area contributed by atoms with Crippen molar-refractivity contribution in [2.75, 3.05) is 10.8 Å². The average molecular weight is 477 g/mol. The van der Waals surface area contributed by atoms with Gasteiger partial charge >= 0.3 is 0 Å². The maximum absolute atomic E-state index is 13.5. The molecule has 0 radical (unpaired) electrons. The molecule has 7 heteroatoms. The van der Waals surface area contributed by atoms with Gasteiger partial charge in [0.2, 0.25) is 0 Å². The van der Waals surface area contributed by atoms with Crippen LogP contribution < -0.4 is 14.4 Å². The summed E-state index contributed by atoms with van der Waals surface area (Å²) in [5.74, 6) is 0.0363. The highest BCUT2D eigenvalue weighted by atomic mass is 32.2. The van der Waals surface area contributed by atoms with E-state index in [-0.39, 0.29) is 23.4 Å². The van der Waals surface area contributed by atoms with Crippen molar-refractivity contribution in [2.45, 2.75) is 50.2 Å². The fraction of sp³-hybridized carbons (Fsp3) is 0.296. The van der Waals surface area contributed by atoms with Crippen LogP contribution in [0.25, 0.3) is 0 Å². The first-order valence-corrected chi connectivity index (χ1v) is 13.0. The van der Waals surface area contributed by atoms with E-state index in [0.29, 0.717) is 11.4 Å². The lowest BCUT2D eigenvalue weighted by molar-refractivity contribution is -0.128. The zero-order valence-corrected chi connectivity index (χ0v) is 20.1. The van der Waals surface area contributed by atoms with Gasteiger partial charge < -0.3 is 10.1 Å². The quantitative estimate of drug-likeness (QED) is 0.595. The molecule has 0 saturated carbocycles. The Morgan fingerprint density at radius 1 is 1.03 bits per heavy atom. The number of nitrogens with one attached hydrogen (secondary N) is 1. The van der Waals surface area contributed by atoms with Crippen LogP contribution in [-0.4, -0.2) is 27.0 Å². The molecule has 0 saturated heterocycles. The SMILES string of the molecule is Cc1ccc2c(c1)N(S(=O)(=O)c1ccccc1)C[C@@H](C(=O)N[C@@H](C)c1ccc3c(c1)CCC3)O2. The van der Waals surface area contributed by atoms with Crippen molar-refractivity contribution in [2.24, 2.45) is 0 Å². The number of rotatable bonds is 5. The molecule has 2 aliphatic rings. The summed E-state index contributed by atoms with van der Waals surface area (Å²) >= 11 is 0. The van der Waals surface area contributed by atoms with Gasteiger partial charge in [-0.3, -0.25) is 9.10 Å². The van der Waals surface area contributed by atoms with Crippen molar-refractivity contribution in [3.05, 3.63) is 89.0 Å². The van der Waals surface area contributed by atoms with Crippen LogP contribution in [-0.2, 0) is 27.7 Å². The summed E-state index contributed by atoms with van der Waals surface area (Å²) < 4.78 is 34.3. The van der Waals surface area contributed by atoms with Crippen LogP contribution in [0.3, 0.4) is 0 Å². The summed E-state index contributed by atoms with van der Waals surface area (Å²) in [7, 11) is -3.87. The van der Waals surface area contributed by atoms with Crippen LogP contribution >= 0.6 is 0 Å². The van der Waals surface area contributed by atoms with E-state index in [0.717, 1.165) is 24.0 Å². The standard InChI is InChI=1S/C27H28N2O4S/c1-18-11-14-25-24(15-18)29(34(31,32)23-9-4-3-5-10-23)17-26(33-25)27(30)28-19(2)21-13-12-20-7-6-8-22(20)16-21/h3-5,9-16,19,26H,6-8,17H2,1-2H3,(H,28,30)/t19-,26-/m0/s1. The molecule has 1 amide bonds. The summed E-state index contributed by atoms with van der Waals surface area (Å²) in [4.78, 5) is 13.4. The van der Waals surface area contributed by atoms with Gasteiger partial charge in [-0.15, -0.1) is 0 Å². The summed E-state index contributed by atoms with van der Waals surface area (Å²) in [6.45, 7) is 3.73. The number of aryl methyl sites for hydroxylation is 3. The number of hydrogen-bond donors (Lipinski definition) is 1. The Balaban J connectivity index is 1.41. The lowest BCUT2D eigenvalue weighted by Crippen LogP contribution is -2.51. The third-order valence-corrected chi connectivity index (χ3v) is 8.38. The predicted octanol–water partition coefficient (Wildman–Crippen LogP) is 4.32. The van der Waals surface area contributed by atoms with Gasteiger partial charge in [0, 0.05) is 0 Å². The highest BCUT2D eigenvalue weighted by Gasteiger charge is 2.38. The van der Waals surface area contributed by atoms with Crippen molar-refractivity contribution in [3.8, 4) is 5.75 Å². The van der Waals surface area contributed by atoms with Gasteiger partial charge in [0.1, 0.15) is 5.75 Å². The van der Waals surface area contributed by atoms with Crippen LogP contribution in [0.4, 0.5) is 5.69 Å². The summed E-state index contributed by atoms with van der Waals surface area (Å²) in [5, 5.41) is 3.03. The number of ether oxygens (including phenoxy) is 1. The van der Waals surface area contributed by atoms with E-state index in [1.165, 1.54) is 21.9 Å². The minimum atomic E-state index is -3.87. The Hall–Kier alpha value is -3.32. The Morgan fingerprint density at radius 2 is 1.79 bits per heavy atom. The van der Waals surface area contributed by atoms with Gasteiger partial charge in [-0.05, 0) is 79.6 Å². The van der Waals surface area contributed by atoms with Crippen molar-refractivity contribution in [3.63, 3.8) is 0 Å². The van der Waals surface area contributed by atoms with Gasteiger partial charge in [-0.25, -0.2) is 8.42 Å². The van der Waals surface area contributed by atoms with E-state index < -0.39 is 16.1 Å². The van der Waals surface area contributed by atoms with E-state index in [9.17, 15) is 13.2 Å². The molecule has 0 spiro atoms. The molecular weight excluding hydrogens is 448 g/mol. The van der Waals surface area contributed by atoms with Gasteiger partial charge in [-0.1, -0.05) is 42.5 Å². The van der Waals surface area contributed by atoms with Crippen LogP contribution in [0.2, 0.25) is 0 Å². The molecule has 1 aliphatic carbocycles. The normalized spacial score (nSPS) is 17.9. The van der Waals surface area contributed by atoms with E-state index in [1.807, 2.05) is 19.9 Å². The van der Waals surface area contributed by atoms with Crippen LogP contribution in [0.15, 0.2) is 71.6 Å². The van der Waals surface area contributed by atoms with E-state index >= 15 is 0 Å². The first kappa shape index (κ1) is 22.5. The zero-order valence-electron chi connectivity index (χ0n) is 19.3. The maximum atomic E-state index is 13.5. The topological polar surface area (TPSA) is 75.7 Å². The average Bonchev–Trinajstić information content (AvgIpc) is 3.31. The molecule has 1 N–H and O–H groups in total. The number of fused-ring (bicyclic) bond motifs is 2. The molecule has 3 aromatic rings. The van der Waals surface area contributed by atoms with Crippen LogP contribution in [0.1, 0.15) is 41.6 Å². The molecule has 3 aromatic carbocycles. The fourth-order valence-electron chi connectivity index (χ4n) is 4.70. The fourth-order valence-corrected chi connectivity index (χ4v) is 6.18. The second-order valence-electron chi connectivity index (χ2n) is 9.04. The number of amides is 1. The maximum Gasteiger partial charge on any atom is 0.264 e. The Kier molecular flexibility index (Phi) is 5.81. The van der Waals surface area contributed by atoms with Crippen molar-refractivity contribution >= 4 is 21.6 Å². The number of carbonyl (C=O) groups is 1. The molecule has 0 bridgehead atoms. The second kappa shape index (κ2) is 8.80. The molecule has 1 heterocycles. The summed E-state index contributed by atoms with van der Waals surface area (Å²) in [6.07, 6.45) is 2.38. The minimum Gasteiger partial charge on any atom is -0.476 e. The number of sulfonamides is 1. The molecule has 0 aromatic heterocycles. The number of anilines is 1. The largest absolute Gasteiger partial charge is 0.476 e. The molecule has 2 atom stereocenters. The van der Waals surface area contributed by atoms with Gasteiger partial charge in [0.05, 0.1) is 23.2 Å². The lowest BCUT2D eigenvalue weighted by atomic mass is 10.0. The van der Waals surface area contributed by atoms with Crippen molar-refractivity contribution in [1.82, 2.24) is 5.32 Å². The molecule has 176 valence electrons. The van der Waals surface area contributed by atoms with E-state index in [2.05, 4.69) is 23.5 Å². The molecule has 6 nitrogen and oxygen atoms in total. The minimum absolute atomic E-state index is 0.101. The predicted molar refractivity (Wildman–Crippen MR) is 132 cm³/mol. The van der Waals surface area contributed by atoms with Crippen LogP contribution in [0, 0.1) is 6.92 Å². The summed E-state index contributed by atoms with van der Waals surface area (Å²) in [6, 6.07) is 19.8. The van der Waals surface area contributed by atoms with Crippen molar-refractivity contribution in [1.29, 1.82) is 0 Å². The highest BCUT2D eigenvalue weighted by Crippen LogP contribution is 2.38. The summed E-state index contributed by atoms with van der Waals surface area (Å²) in [5.41, 5.74) is 5.11. The Morgan fingerprint density at radius 3 is 2.59 bits per heavy atom. The van der Waals surface area contributed by atoms with E-state index in [1.54, 1.807) is 42.5 Å². The third-order valence-electron chi connectivity index (χ3n) is 6.59. The first-order chi connectivity index (χ1) is 16.3. The monoisotopic (exact) mass is 476 g/mol. The van der Waals surface area contributed by atoms with Gasteiger partial charge in [0.15, 0.2) is 6.10 Å². The molecule has 0 unspecified atom stereocenters. The van der Waals surface area contributed by atoms with Gasteiger partial charge in [0.25, 0.3) is 15.9 Å². The van der Waals surface area contributed by atoms with Crippen molar-refractivity contribution < 1.29 is 17.9 Å². The second-order valence-corrected chi connectivity index (χ2v) is 10.9. The molecule has 1 aliphatic heterocycles. The van der Waals surface area contributed by atoms with E-state index in [4.69, 9.17) is 4.74 Å². The zero-order chi connectivity index (χ0) is 23.9. The number of carbonyl (C=O) groups excluding carboxylic acids is 1. The molecule has 0 fully saturated rings. The molecule has 34 heavy (non-hydrogen) atoms. The Labute approximate surface area is 200 Å².